The standard InChI is InChI=1S/C12H18N8O/c1-21-8-7-19(9-3-4-9)11-15-10(18-13)16-12(17-11)20-6-2-5-14-20/h2,5-6,9H,3-4,7-8,13H2,1H3,(H,15,16,17,18). The molecule has 0 aromatic carbocycles. The quantitative estimate of drug-likeness (QED) is 0.540. The topological polar surface area (TPSA) is 107 Å². The predicted molar refractivity (Wildman–Crippen MR) is 77.0 cm³/mol. The number of nitrogens with one attached hydrogen (secondary N) is 1. The first kappa shape index (κ1) is 13.7. The van der Waals surface area contributed by atoms with Crippen molar-refractivity contribution in [1.29, 1.82) is 0 Å². The zero-order chi connectivity index (χ0) is 14.7. The molecule has 112 valence electrons. The number of nitrogens with zero attached hydrogens (tertiary/aromatic N) is 6. The van der Waals surface area contributed by atoms with Gasteiger partial charge in [-0.1, -0.05) is 0 Å². The molecule has 0 spiro atoms. The van der Waals surface area contributed by atoms with Gasteiger partial charge in [0, 0.05) is 32.1 Å². The van der Waals surface area contributed by atoms with E-state index in [0.717, 1.165) is 19.4 Å². The molecule has 2 aromatic rings. The highest BCUT2D eigenvalue weighted by Crippen LogP contribution is 2.30. The van der Waals surface area contributed by atoms with Crippen LogP contribution in [-0.4, -0.2) is 51.0 Å². The Balaban J connectivity index is 1.94. The molecular formula is C12H18N8O. The highest BCUT2D eigenvalue weighted by molar-refractivity contribution is 5.41. The summed E-state index contributed by atoms with van der Waals surface area (Å²) in [4.78, 5) is 15.2. The number of hydrogen-bond donors (Lipinski definition) is 2. The summed E-state index contributed by atoms with van der Waals surface area (Å²) < 4.78 is 6.74. The van der Waals surface area contributed by atoms with E-state index >= 15 is 0 Å². The van der Waals surface area contributed by atoms with Gasteiger partial charge in [0.2, 0.25) is 11.9 Å². The minimum atomic E-state index is 0.313. The lowest BCUT2D eigenvalue weighted by atomic mass is 10.5. The molecule has 1 fully saturated rings. The van der Waals surface area contributed by atoms with Gasteiger partial charge in [0.25, 0.3) is 5.95 Å². The number of nitrogens with two attached hydrogens (primary N) is 1. The molecule has 0 unspecified atom stereocenters. The van der Waals surface area contributed by atoms with Crippen LogP contribution in [0.3, 0.4) is 0 Å². The van der Waals surface area contributed by atoms with Gasteiger partial charge in [0.05, 0.1) is 6.61 Å². The number of ether oxygens (including phenoxy) is 1. The largest absolute Gasteiger partial charge is 0.383 e. The number of hydrogen-bond acceptors (Lipinski definition) is 8. The second-order valence-corrected chi connectivity index (χ2v) is 4.77. The molecule has 1 saturated carbocycles. The molecule has 2 aromatic heterocycles. The molecule has 0 amide bonds. The molecule has 0 saturated heterocycles. The van der Waals surface area contributed by atoms with Crippen molar-refractivity contribution in [2.75, 3.05) is 30.6 Å². The molecule has 3 N–H and O–H groups in total. The van der Waals surface area contributed by atoms with Gasteiger partial charge in [-0.2, -0.15) is 20.1 Å². The van der Waals surface area contributed by atoms with E-state index < -0.39 is 0 Å². The zero-order valence-electron chi connectivity index (χ0n) is 11.8. The third kappa shape index (κ3) is 3.09. The smallest absolute Gasteiger partial charge is 0.257 e. The summed E-state index contributed by atoms with van der Waals surface area (Å²) in [6.45, 7) is 1.35. The van der Waals surface area contributed by atoms with Crippen LogP contribution >= 0.6 is 0 Å². The average Bonchev–Trinajstić information content (AvgIpc) is 3.20. The van der Waals surface area contributed by atoms with E-state index in [1.807, 2.05) is 6.07 Å². The first-order chi connectivity index (χ1) is 10.3. The first-order valence-electron chi connectivity index (χ1n) is 6.80. The fourth-order valence-electron chi connectivity index (χ4n) is 2.06. The summed E-state index contributed by atoms with van der Waals surface area (Å²) in [6, 6.07) is 2.27. The van der Waals surface area contributed by atoms with Crippen LogP contribution in [0.1, 0.15) is 12.8 Å². The SMILES string of the molecule is COCCN(c1nc(NN)nc(-n2cccn2)n1)C1CC1. The van der Waals surface area contributed by atoms with Crippen molar-refractivity contribution in [3.63, 3.8) is 0 Å². The normalized spacial score (nSPS) is 14.2. The molecule has 0 radical (unpaired) electrons. The molecule has 9 heteroatoms. The lowest BCUT2D eigenvalue weighted by molar-refractivity contribution is 0.204. The van der Waals surface area contributed by atoms with Gasteiger partial charge >= 0.3 is 0 Å². The van der Waals surface area contributed by atoms with Gasteiger partial charge in [-0.3, -0.25) is 5.43 Å². The van der Waals surface area contributed by atoms with Crippen LogP contribution in [-0.2, 0) is 4.74 Å². The molecule has 0 aliphatic heterocycles. The number of anilines is 2. The zero-order valence-corrected chi connectivity index (χ0v) is 11.8. The first-order valence-corrected chi connectivity index (χ1v) is 6.80. The number of nitrogen functional groups attached to an aromatic ring is 1. The number of aromatic nitrogens is 5. The summed E-state index contributed by atoms with van der Waals surface area (Å²) in [5.74, 6) is 6.79. The van der Waals surface area contributed by atoms with E-state index in [4.69, 9.17) is 10.6 Å². The maximum atomic E-state index is 5.46. The van der Waals surface area contributed by atoms with Crippen molar-refractivity contribution in [2.45, 2.75) is 18.9 Å². The van der Waals surface area contributed by atoms with E-state index in [1.165, 1.54) is 0 Å². The molecule has 0 bridgehead atoms. The maximum Gasteiger partial charge on any atom is 0.257 e. The Morgan fingerprint density at radius 2 is 2.29 bits per heavy atom. The second kappa shape index (κ2) is 6.02. The van der Waals surface area contributed by atoms with Crippen molar-refractivity contribution in [3.05, 3.63) is 18.5 Å². The van der Waals surface area contributed by atoms with Crippen LogP contribution in [0.2, 0.25) is 0 Å². The predicted octanol–water partition coefficient (Wildman–Crippen LogP) is -0.0419. The number of hydrazine groups is 1. The third-order valence-corrected chi connectivity index (χ3v) is 3.23. The van der Waals surface area contributed by atoms with Crippen molar-refractivity contribution in [1.82, 2.24) is 24.7 Å². The fourth-order valence-corrected chi connectivity index (χ4v) is 2.06. The van der Waals surface area contributed by atoms with E-state index in [-0.39, 0.29) is 0 Å². The van der Waals surface area contributed by atoms with Crippen molar-refractivity contribution >= 4 is 11.9 Å². The van der Waals surface area contributed by atoms with E-state index in [9.17, 15) is 0 Å². The van der Waals surface area contributed by atoms with Gasteiger partial charge in [-0.05, 0) is 18.9 Å². The van der Waals surface area contributed by atoms with Gasteiger partial charge in [0.15, 0.2) is 0 Å². The highest BCUT2D eigenvalue weighted by atomic mass is 16.5. The maximum absolute atomic E-state index is 5.46. The Morgan fingerprint density at radius 1 is 1.43 bits per heavy atom. The molecule has 0 atom stereocenters. The Kier molecular flexibility index (Phi) is 3.93. The molecular weight excluding hydrogens is 272 g/mol. The van der Waals surface area contributed by atoms with Crippen molar-refractivity contribution in [2.24, 2.45) is 5.84 Å². The minimum absolute atomic E-state index is 0.313. The van der Waals surface area contributed by atoms with Gasteiger partial charge in [-0.25, -0.2) is 10.5 Å². The van der Waals surface area contributed by atoms with E-state index in [0.29, 0.717) is 30.5 Å². The third-order valence-electron chi connectivity index (χ3n) is 3.23. The molecule has 1 aliphatic rings. The Morgan fingerprint density at radius 3 is 2.90 bits per heavy atom. The summed E-state index contributed by atoms with van der Waals surface area (Å²) in [5.41, 5.74) is 2.48. The molecule has 2 heterocycles. The number of rotatable bonds is 7. The fraction of sp³-hybridized carbons (Fsp3) is 0.500. The van der Waals surface area contributed by atoms with Crippen LogP contribution in [0.5, 0.6) is 0 Å². The summed E-state index contributed by atoms with van der Waals surface area (Å²) >= 11 is 0. The van der Waals surface area contributed by atoms with E-state index in [1.54, 1.807) is 24.2 Å². The average molecular weight is 290 g/mol. The van der Waals surface area contributed by atoms with Crippen molar-refractivity contribution in [3.8, 4) is 5.95 Å². The van der Waals surface area contributed by atoms with Crippen LogP contribution in [0.15, 0.2) is 18.5 Å². The van der Waals surface area contributed by atoms with Gasteiger partial charge in [-0.15, -0.1) is 0 Å². The summed E-state index contributed by atoms with van der Waals surface area (Å²) in [6.07, 6.45) is 5.72. The van der Waals surface area contributed by atoms with Gasteiger partial charge in [0.1, 0.15) is 0 Å². The van der Waals surface area contributed by atoms with Crippen LogP contribution in [0.4, 0.5) is 11.9 Å². The van der Waals surface area contributed by atoms with Crippen molar-refractivity contribution < 1.29 is 4.74 Å². The lowest BCUT2D eigenvalue weighted by Crippen LogP contribution is -2.32. The Hall–Kier alpha value is -2.26. The highest BCUT2D eigenvalue weighted by Gasteiger charge is 2.31. The molecule has 3 rings (SSSR count). The van der Waals surface area contributed by atoms with Crippen LogP contribution in [0, 0.1) is 0 Å². The van der Waals surface area contributed by atoms with Crippen LogP contribution in [0.25, 0.3) is 5.95 Å². The molecule has 9 nitrogen and oxygen atoms in total. The minimum Gasteiger partial charge on any atom is -0.383 e. The molecule has 21 heavy (non-hydrogen) atoms. The monoisotopic (exact) mass is 290 g/mol. The summed E-state index contributed by atoms with van der Waals surface area (Å²) in [7, 11) is 1.68. The lowest BCUT2D eigenvalue weighted by Gasteiger charge is -2.22. The second-order valence-electron chi connectivity index (χ2n) is 4.77. The number of methoxy groups -OCH3 is 1. The van der Waals surface area contributed by atoms with Crippen LogP contribution < -0.4 is 16.2 Å². The van der Waals surface area contributed by atoms with Gasteiger partial charge < -0.3 is 9.64 Å². The molecule has 1 aliphatic carbocycles. The Labute approximate surface area is 122 Å². The summed E-state index contributed by atoms with van der Waals surface area (Å²) in [5, 5.41) is 4.14. The van der Waals surface area contributed by atoms with E-state index in [2.05, 4.69) is 30.4 Å². The Bertz CT molecular complexity index is 583.